The number of rotatable bonds is 6. The van der Waals surface area contributed by atoms with Crippen LogP contribution in [0, 0.1) is 0 Å². The summed E-state index contributed by atoms with van der Waals surface area (Å²) in [6.45, 7) is 4.79. The predicted molar refractivity (Wildman–Crippen MR) is 93.3 cm³/mol. The normalized spacial score (nSPS) is 18.8. The van der Waals surface area contributed by atoms with E-state index in [0.29, 0.717) is 29.7 Å². The molecule has 4 rings (SSSR count). The van der Waals surface area contributed by atoms with E-state index in [-0.39, 0.29) is 5.91 Å². The third-order valence-corrected chi connectivity index (χ3v) is 5.59. The summed E-state index contributed by atoms with van der Waals surface area (Å²) in [5.74, 6) is 0.537. The molecular formula is C16H22N6O2S. The van der Waals surface area contributed by atoms with E-state index < -0.39 is 6.10 Å². The second kappa shape index (κ2) is 6.81. The molecule has 0 radical (unpaired) electrons. The standard InChI is InChI=1S/C16H22N6O2S/c1-10(23)13-8-12-9-21(6-7-22(12)20-13)5-4-14(24)17-16-19-18-15(25-16)11-2-3-11/h8,10-11,23H,2-7,9H2,1H3,(H,17,19,24)/t10-/m0/s1. The molecule has 0 aromatic carbocycles. The summed E-state index contributed by atoms with van der Waals surface area (Å²) in [7, 11) is 0. The number of anilines is 1. The maximum Gasteiger partial charge on any atom is 0.227 e. The topological polar surface area (TPSA) is 96.2 Å². The summed E-state index contributed by atoms with van der Waals surface area (Å²) in [5, 5.41) is 26.7. The third kappa shape index (κ3) is 3.88. The van der Waals surface area contributed by atoms with Gasteiger partial charge in [0.05, 0.1) is 24.0 Å². The molecule has 8 nitrogen and oxygen atoms in total. The van der Waals surface area contributed by atoms with Gasteiger partial charge < -0.3 is 10.4 Å². The summed E-state index contributed by atoms with van der Waals surface area (Å²) < 4.78 is 1.94. The first-order valence-corrected chi connectivity index (χ1v) is 9.50. The lowest BCUT2D eigenvalue weighted by Gasteiger charge is -2.27. The Kier molecular flexibility index (Phi) is 4.53. The number of nitrogens with zero attached hydrogens (tertiary/aromatic N) is 5. The summed E-state index contributed by atoms with van der Waals surface area (Å²) in [5.41, 5.74) is 1.79. The van der Waals surface area contributed by atoms with Gasteiger partial charge in [-0.05, 0) is 25.8 Å². The fraction of sp³-hybridized carbons (Fsp3) is 0.625. The van der Waals surface area contributed by atoms with Crippen LogP contribution >= 0.6 is 11.3 Å². The first-order valence-electron chi connectivity index (χ1n) is 8.69. The van der Waals surface area contributed by atoms with Crippen LogP contribution in [0.4, 0.5) is 5.13 Å². The number of hydrogen-bond donors (Lipinski definition) is 2. The first kappa shape index (κ1) is 16.6. The van der Waals surface area contributed by atoms with Gasteiger partial charge in [0.25, 0.3) is 0 Å². The molecule has 2 N–H and O–H groups in total. The lowest BCUT2D eigenvalue weighted by molar-refractivity contribution is -0.116. The van der Waals surface area contributed by atoms with Crippen molar-refractivity contribution < 1.29 is 9.90 Å². The zero-order valence-electron chi connectivity index (χ0n) is 14.2. The second-order valence-corrected chi connectivity index (χ2v) is 7.76. The van der Waals surface area contributed by atoms with Gasteiger partial charge >= 0.3 is 0 Å². The van der Waals surface area contributed by atoms with Gasteiger partial charge in [0.15, 0.2) is 0 Å². The number of carbonyl (C=O) groups excluding carboxylic acids is 1. The Hall–Kier alpha value is -1.84. The van der Waals surface area contributed by atoms with Gasteiger partial charge in [0.1, 0.15) is 5.01 Å². The average Bonchev–Trinajstić information content (AvgIpc) is 3.18. The van der Waals surface area contributed by atoms with Crippen LogP contribution in [0.5, 0.6) is 0 Å². The van der Waals surface area contributed by atoms with Crippen molar-refractivity contribution in [1.82, 2.24) is 24.9 Å². The molecule has 1 aliphatic carbocycles. The SMILES string of the molecule is C[C@H](O)c1cc2n(n1)CCN(CCC(=O)Nc1nnc(C3CC3)s1)C2. The Morgan fingerprint density at radius 3 is 3.04 bits per heavy atom. The van der Waals surface area contributed by atoms with E-state index >= 15 is 0 Å². The summed E-state index contributed by atoms with van der Waals surface area (Å²) >= 11 is 1.49. The molecule has 134 valence electrons. The number of aliphatic hydroxyl groups is 1. The zero-order valence-corrected chi connectivity index (χ0v) is 15.0. The van der Waals surface area contributed by atoms with Crippen molar-refractivity contribution in [2.24, 2.45) is 0 Å². The quantitative estimate of drug-likeness (QED) is 0.809. The Morgan fingerprint density at radius 1 is 1.44 bits per heavy atom. The van der Waals surface area contributed by atoms with Crippen molar-refractivity contribution in [1.29, 1.82) is 0 Å². The van der Waals surface area contributed by atoms with Crippen LogP contribution in [0.3, 0.4) is 0 Å². The van der Waals surface area contributed by atoms with E-state index in [9.17, 15) is 9.90 Å². The molecule has 9 heteroatoms. The van der Waals surface area contributed by atoms with Gasteiger partial charge in [-0.2, -0.15) is 5.10 Å². The molecule has 1 fully saturated rings. The smallest absolute Gasteiger partial charge is 0.227 e. The molecule has 3 heterocycles. The van der Waals surface area contributed by atoms with Crippen molar-refractivity contribution >= 4 is 22.4 Å². The number of nitrogens with one attached hydrogen (secondary N) is 1. The maximum absolute atomic E-state index is 12.1. The molecule has 1 saturated carbocycles. The van der Waals surface area contributed by atoms with E-state index in [1.807, 2.05) is 10.7 Å². The zero-order chi connectivity index (χ0) is 17.4. The molecule has 0 spiro atoms. The van der Waals surface area contributed by atoms with Gasteiger partial charge in [-0.25, -0.2) is 0 Å². The first-order chi connectivity index (χ1) is 12.1. The highest BCUT2D eigenvalue weighted by Gasteiger charge is 2.27. The van der Waals surface area contributed by atoms with Gasteiger partial charge in [-0.1, -0.05) is 11.3 Å². The van der Waals surface area contributed by atoms with Crippen LogP contribution in [0.2, 0.25) is 0 Å². The van der Waals surface area contributed by atoms with Crippen molar-refractivity contribution in [2.45, 2.75) is 51.3 Å². The molecule has 2 aromatic rings. The third-order valence-electron chi connectivity index (χ3n) is 4.59. The minimum atomic E-state index is -0.551. The fourth-order valence-corrected chi connectivity index (χ4v) is 3.89. The molecule has 2 aliphatic rings. The van der Waals surface area contributed by atoms with Crippen LogP contribution in [-0.2, 0) is 17.9 Å². The van der Waals surface area contributed by atoms with Gasteiger partial charge in [0, 0.05) is 32.0 Å². The van der Waals surface area contributed by atoms with E-state index in [1.165, 1.54) is 24.2 Å². The van der Waals surface area contributed by atoms with Crippen molar-refractivity contribution in [3.8, 4) is 0 Å². The fourth-order valence-electron chi connectivity index (χ4n) is 2.96. The molecular weight excluding hydrogens is 340 g/mol. The van der Waals surface area contributed by atoms with E-state index in [4.69, 9.17) is 0 Å². The Morgan fingerprint density at radius 2 is 2.28 bits per heavy atom. The molecule has 0 saturated heterocycles. The highest BCUT2D eigenvalue weighted by molar-refractivity contribution is 7.15. The number of hydrogen-bond acceptors (Lipinski definition) is 7. The van der Waals surface area contributed by atoms with Crippen molar-refractivity contribution in [3.05, 3.63) is 22.5 Å². The maximum atomic E-state index is 12.1. The number of carbonyl (C=O) groups is 1. The highest BCUT2D eigenvalue weighted by Crippen LogP contribution is 2.42. The number of aromatic nitrogens is 4. The lowest BCUT2D eigenvalue weighted by Crippen LogP contribution is -2.35. The van der Waals surface area contributed by atoms with Crippen LogP contribution < -0.4 is 5.32 Å². The summed E-state index contributed by atoms with van der Waals surface area (Å²) in [4.78, 5) is 14.4. The lowest BCUT2D eigenvalue weighted by atomic mass is 10.2. The van der Waals surface area contributed by atoms with Crippen LogP contribution in [0.25, 0.3) is 0 Å². The van der Waals surface area contributed by atoms with Gasteiger partial charge in [0.2, 0.25) is 11.0 Å². The Bertz CT molecular complexity index is 767. The minimum Gasteiger partial charge on any atom is -0.387 e. The summed E-state index contributed by atoms with van der Waals surface area (Å²) in [6.07, 6.45) is 2.25. The Balaban J connectivity index is 1.27. The molecule has 0 bridgehead atoms. The molecule has 1 amide bonds. The van der Waals surface area contributed by atoms with E-state index in [0.717, 1.165) is 30.3 Å². The molecule has 1 aliphatic heterocycles. The highest BCUT2D eigenvalue weighted by atomic mass is 32.1. The molecule has 25 heavy (non-hydrogen) atoms. The van der Waals surface area contributed by atoms with E-state index in [1.54, 1.807) is 6.92 Å². The average molecular weight is 362 g/mol. The number of amides is 1. The van der Waals surface area contributed by atoms with Crippen LogP contribution in [-0.4, -0.2) is 49.0 Å². The number of aliphatic hydroxyl groups excluding tert-OH is 1. The van der Waals surface area contributed by atoms with Gasteiger partial charge in [-0.3, -0.25) is 14.4 Å². The molecule has 1 atom stereocenters. The molecule has 0 unspecified atom stereocenters. The predicted octanol–water partition coefficient (Wildman–Crippen LogP) is 1.51. The Labute approximate surface area is 149 Å². The van der Waals surface area contributed by atoms with Crippen molar-refractivity contribution in [2.75, 3.05) is 18.4 Å². The van der Waals surface area contributed by atoms with Gasteiger partial charge in [-0.15, -0.1) is 10.2 Å². The summed E-state index contributed by atoms with van der Waals surface area (Å²) in [6, 6.07) is 1.94. The van der Waals surface area contributed by atoms with Crippen LogP contribution in [0.15, 0.2) is 6.07 Å². The minimum absolute atomic E-state index is 0.0257. The van der Waals surface area contributed by atoms with E-state index in [2.05, 4.69) is 25.5 Å². The van der Waals surface area contributed by atoms with Crippen molar-refractivity contribution in [3.63, 3.8) is 0 Å². The molecule has 2 aromatic heterocycles. The largest absolute Gasteiger partial charge is 0.387 e. The monoisotopic (exact) mass is 362 g/mol. The second-order valence-electron chi connectivity index (χ2n) is 6.75. The number of fused-ring (bicyclic) bond motifs is 1. The van der Waals surface area contributed by atoms with Crippen LogP contribution in [0.1, 0.15) is 54.6 Å².